The predicted octanol–water partition coefficient (Wildman–Crippen LogP) is 3.55. The van der Waals surface area contributed by atoms with Gasteiger partial charge in [0.1, 0.15) is 0 Å². The van der Waals surface area contributed by atoms with Crippen LogP contribution >= 0.6 is 23.2 Å². The Kier molecular flexibility index (Phi) is 5.77. The van der Waals surface area contributed by atoms with Gasteiger partial charge >= 0.3 is 6.99 Å². The van der Waals surface area contributed by atoms with Crippen LogP contribution in [0.3, 0.4) is 0 Å². The molecule has 3 heterocycles. The van der Waals surface area contributed by atoms with E-state index in [0.717, 1.165) is 24.4 Å². The van der Waals surface area contributed by atoms with Crippen LogP contribution in [0.25, 0.3) is 11.1 Å². The third-order valence-electron chi connectivity index (χ3n) is 7.76. The lowest BCUT2D eigenvalue weighted by Crippen LogP contribution is -2.66. The number of piperidine rings is 1. The Bertz CT molecular complexity index is 1420. The van der Waals surface area contributed by atoms with Gasteiger partial charge in [0, 0.05) is 46.0 Å². The van der Waals surface area contributed by atoms with Gasteiger partial charge in [0.25, 0.3) is 5.91 Å². The van der Waals surface area contributed by atoms with Crippen LogP contribution in [0.1, 0.15) is 29.6 Å². The van der Waals surface area contributed by atoms with Gasteiger partial charge < -0.3 is 19.8 Å². The summed E-state index contributed by atoms with van der Waals surface area (Å²) in [5, 5.41) is -1.65. The summed E-state index contributed by atoms with van der Waals surface area (Å²) in [7, 11) is 12.7. The van der Waals surface area contributed by atoms with E-state index in [4.69, 9.17) is 44.6 Å². The monoisotopic (exact) mass is 530 g/mol. The molecule has 1 saturated heterocycles. The molecule has 2 fully saturated rings. The van der Waals surface area contributed by atoms with E-state index in [-0.39, 0.29) is 27.5 Å². The zero-order valence-corrected chi connectivity index (χ0v) is 21.3. The fourth-order valence-electron chi connectivity index (χ4n) is 5.68. The van der Waals surface area contributed by atoms with Crippen molar-refractivity contribution in [1.82, 2.24) is 4.98 Å². The number of rotatable bonds is 4. The van der Waals surface area contributed by atoms with Gasteiger partial charge in [-0.1, -0.05) is 40.8 Å². The summed E-state index contributed by atoms with van der Waals surface area (Å²) in [5.74, 6) is 0.117. The number of hydrogen-bond donors (Lipinski definition) is 1. The number of primary amides is 1. The first-order valence-electron chi connectivity index (χ1n) is 12.1. The van der Waals surface area contributed by atoms with Crippen molar-refractivity contribution in [3.05, 3.63) is 63.2 Å². The van der Waals surface area contributed by atoms with Gasteiger partial charge in [0.2, 0.25) is 5.91 Å². The van der Waals surface area contributed by atoms with E-state index in [2.05, 4.69) is 9.88 Å². The number of pyridine rings is 1. The number of carbonyl (C=O) groups is 2. The Hall–Kier alpha value is -2.71. The highest BCUT2D eigenvalue weighted by Gasteiger charge is 2.53. The maximum Gasteiger partial charge on any atom is 0.386 e. The fraction of sp³-hybridized carbons (Fsp3) is 0.320. The first-order chi connectivity index (χ1) is 17.6. The molecule has 2 unspecified atom stereocenters. The van der Waals surface area contributed by atoms with Crippen molar-refractivity contribution in [2.45, 2.75) is 24.5 Å². The summed E-state index contributed by atoms with van der Waals surface area (Å²) in [6.07, 6.45) is 5.21. The number of nitrogens with zero attached hydrogens (tertiary/aromatic N) is 3. The first-order valence-corrected chi connectivity index (χ1v) is 12.8. The maximum atomic E-state index is 15.8. The van der Waals surface area contributed by atoms with Crippen LogP contribution in [0.15, 0.2) is 52.6 Å². The van der Waals surface area contributed by atoms with Gasteiger partial charge in [-0.15, -0.1) is 0 Å². The van der Waals surface area contributed by atoms with Crippen molar-refractivity contribution in [2.75, 3.05) is 22.9 Å². The second-order valence-electron chi connectivity index (χ2n) is 10.2. The average Bonchev–Trinajstić information content (AvgIpc) is 3.47. The zero-order chi connectivity index (χ0) is 26.2. The topological polar surface area (TPSA) is 79.5 Å². The van der Waals surface area contributed by atoms with Crippen molar-refractivity contribution in [3.8, 4) is 11.1 Å². The van der Waals surface area contributed by atoms with Crippen LogP contribution in [0, 0.1) is 11.8 Å². The van der Waals surface area contributed by atoms with E-state index in [1.165, 1.54) is 12.3 Å². The lowest BCUT2D eigenvalue weighted by Gasteiger charge is -2.46. The highest BCUT2D eigenvalue weighted by molar-refractivity contribution is 6.84. The molecule has 4 radical (unpaired) electrons. The number of benzene rings is 1. The molecule has 2 aliphatic carbocycles. The Morgan fingerprint density at radius 1 is 1.22 bits per heavy atom. The third kappa shape index (κ3) is 3.91. The summed E-state index contributed by atoms with van der Waals surface area (Å²) in [4.78, 5) is 33.1. The number of fused-ring (bicyclic) bond motifs is 1. The maximum absolute atomic E-state index is 15.8. The van der Waals surface area contributed by atoms with Crippen molar-refractivity contribution >= 4 is 69.2 Å². The average molecular weight is 531 g/mol. The third-order valence-corrected chi connectivity index (χ3v) is 8.41. The number of carbonyl (C=O) groups excluding carboxylic acids is 2. The minimum Gasteiger partial charge on any atom is -0.368 e. The highest BCUT2D eigenvalue weighted by atomic mass is 35.5. The molecule has 2 atom stereocenters. The molecule has 2 aromatic rings. The van der Waals surface area contributed by atoms with Crippen LogP contribution in [0.2, 0.25) is 5.02 Å². The summed E-state index contributed by atoms with van der Waals surface area (Å²) in [6, 6.07) is 6.61. The van der Waals surface area contributed by atoms with Gasteiger partial charge in [-0.05, 0) is 54.5 Å². The summed E-state index contributed by atoms with van der Waals surface area (Å²) in [5.41, 5.74) is 7.85. The molecule has 4 aliphatic rings. The molecule has 6 rings (SSSR count). The molecule has 2 amide bonds. The SMILES string of the molecule is [B]C1([B])B(F)C2=C(C(=O)N1c1ncc(-c3ccc(C(N)=O)cc3Cl)cc1N1CC3CC3C1)C(Cl)=CCC2. The number of amides is 2. The molecule has 0 spiro atoms. The number of allylic oxidation sites excluding steroid dienone is 2. The van der Waals surface area contributed by atoms with Crippen LogP contribution in [0.5, 0.6) is 0 Å². The standard InChI is InChI=1S/C25H20B3Cl2FN4O2/c26-25(27)28(31)17-2-1-3-18(29)21(17)24(37)35(25)23-20(34-10-14-6-15(14)11-34)8-13(9-33-23)16-5-4-12(22(32)36)7-19(16)30/h3-5,7-9,14-15H,1-2,6,10-11H2,(H2,32,36). The fourth-order valence-corrected chi connectivity index (χ4v) is 6.28. The summed E-state index contributed by atoms with van der Waals surface area (Å²) in [6.45, 7) is -0.274. The lowest BCUT2D eigenvalue weighted by atomic mass is 9.30. The molecule has 1 saturated carbocycles. The van der Waals surface area contributed by atoms with E-state index in [0.29, 0.717) is 46.5 Å². The number of anilines is 2. The number of halogens is 3. The molecule has 2 N–H and O–H groups in total. The first kappa shape index (κ1) is 24.6. The summed E-state index contributed by atoms with van der Waals surface area (Å²) >= 11 is 12.9. The van der Waals surface area contributed by atoms with Gasteiger partial charge in [0.15, 0.2) is 5.82 Å². The molecule has 1 aromatic heterocycles. The van der Waals surface area contributed by atoms with Gasteiger partial charge in [-0.3, -0.25) is 9.59 Å². The van der Waals surface area contributed by atoms with Crippen molar-refractivity contribution in [2.24, 2.45) is 17.6 Å². The molecule has 6 nitrogen and oxygen atoms in total. The van der Waals surface area contributed by atoms with Crippen LogP contribution in [-0.4, -0.2) is 57.8 Å². The molecular weight excluding hydrogens is 511 g/mol. The van der Waals surface area contributed by atoms with Crippen molar-refractivity contribution < 1.29 is 13.9 Å². The van der Waals surface area contributed by atoms with Crippen LogP contribution in [-0.2, 0) is 4.79 Å². The van der Waals surface area contributed by atoms with Crippen molar-refractivity contribution in [3.63, 3.8) is 0 Å². The second kappa shape index (κ2) is 8.67. The number of aromatic nitrogens is 1. The molecule has 2 aliphatic heterocycles. The smallest absolute Gasteiger partial charge is 0.368 e. The van der Waals surface area contributed by atoms with Gasteiger partial charge in [0.05, 0.1) is 27.0 Å². The Balaban J connectivity index is 1.49. The van der Waals surface area contributed by atoms with E-state index in [9.17, 15) is 9.59 Å². The quantitative estimate of drug-likeness (QED) is 0.613. The van der Waals surface area contributed by atoms with E-state index in [1.807, 2.05) is 6.07 Å². The number of nitrogens with two attached hydrogens (primary N) is 1. The number of hydrogen-bond acceptors (Lipinski definition) is 4. The normalized spacial score (nSPS) is 24.1. The van der Waals surface area contributed by atoms with Gasteiger partial charge in [-0.25, -0.2) is 4.98 Å². The van der Waals surface area contributed by atoms with E-state index < -0.39 is 24.0 Å². The molecular formula is C25H20B3Cl2FN4O2. The highest BCUT2D eigenvalue weighted by Crippen LogP contribution is 2.50. The Morgan fingerprint density at radius 2 is 1.95 bits per heavy atom. The Labute approximate surface area is 227 Å². The van der Waals surface area contributed by atoms with Crippen molar-refractivity contribution in [1.29, 1.82) is 0 Å². The molecule has 182 valence electrons. The van der Waals surface area contributed by atoms with E-state index >= 15 is 4.32 Å². The largest absolute Gasteiger partial charge is 0.386 e. The zero-order valence-electron chi connectivity index (χ0n) is 19.8. The summed E-state index contributed by atoms with van der Waals surface area (Å²) < 4.78 is 15.8. The molecule has 12 heteroatoms. The molecule has 1 aromatic carbocycles. The molecule has 0 bridgehead atoms. The Morgan fingerprint density at radius 3 is 2.62 bits per heavy atom. The van der Waals surface area contributed by atoms with E-state index in [1.54, 1.807) is 18.2 Å². The molecule has 37 heavy (non-hydrogen) atoms. The van der Waals surface area contributed by atoms with Gasteiger partial charge in [-0.2, -0.15) is 0 Å². The lowest BCUT2D eigenvalue weighted by molar-refractivity contribution is -0.115. The minimum absolute atomic E-state index is 0.0955. The van der Waals surface area contributed by atoms with Crippen LogP contribution < -0.4 is 15.5 Å². The predicted molar refractivity (Wildman–Crippen MR) is 146 cm³/mol. The van der Waals surface area contributed by atoms with Crippen LogP contribution in [0.4, 0.5) is 15.8 Å². The second-order valence-corrected chi connectivity index (χ2v) is 11.0. The minimum atomic E-state index is -2.16.